The molecule has 0 radical (unpaired) electrons. The minimum atomic E-state index is -1.19. The monoisotopic (exact) mass is 418 g/mol. The molecule has 2 amide bonds. The maximum Gasteiger partial charge on any atom is 0.292 e. The van der Waals surface area contributed by atoms with Crippen LogP contribution in [0.4, 0.5) is 0 Å². The highest BCUT2D eigenvalue weighted by Crippen LogP contribution is 2.42. The maximum absolute atomic E-state index is 13.4. The highest BCUT2D eigenvalue weighted by atomic mass is 16.5. The second-order valence-electron chi connectivity index (χ2n) is 8.32. The Morgan fingerprint density at radius 1 is 1.23 bits per heavy atom. The summed E-state index contributed by atoms with van der Waals surface area (Å²) >= 11 is 0. The van der Waals surface area contributed by atoms with Crippen LogP contribution < -0.4 is 5.48 Å². The number of ketones is 2. The molecule has 0 spiro atoms. The van der Waals surface area contributed by atoms with E-state index in [1.165, 1.54) is 0 Å². The number of aryl methyl sites for hydroxylation is 1. The number of hydroxylamine groups is 1. The number of likely N-dealkylation sites (tertiary alicyclic amines) is 1. The molecule has 1 aromatic rings. The summed E-state index contributed by atoms with van der Waals surface area (Å²) in [5.74, 6) is -3.24. The molecule has 8 heteroatoms. The van der Waals surface area contributed by atoms with Gasteiger partial charge in [0.1, 0.15) is 35.3 Å². The van der Waals surface area contributed by atoms with Crippen LogP contribution in [0.3, 0.4) is 0 Å². The van der Waals surface area contributed by atoms with E-state index in [1.54, 1.807) is 24.5 Å². The predicted molar refractivity (Wildman–Crippen MR) is 106 cm³/mol. The summed E-state index contributed by atoms with van der Waals surface area (Å²) in [6.07, 6.45) is 5.96. The molecule has 1 saturated carbocycles. The second-order valence-corrected chi connectivity index (χ2v) is 8.32. The van der Waals surface area contributed by atoms with Gasteiger partial charge in [-0.25, -0.2) is 5.48 Å². The highest BCUT2D eigenvalue weighted by Gasteiger charge is 2.56. The van der Waals surface area contributed by atoms with Gasteiger partial charge in [-0.1, -0.05) is 39.0 Å². The topological polar surface area (TPSA) is 117 Å². The van der Waals surface area contributed by atoms with E-state index in [0.29, 0.717) is 30.8 Å². The number of unbranched alkanes of at least 4 members (excludes halogenated alkanes) is 1. The van der Waals surface area contributed by atoms with E-state index >= 15 is 0 Å². The molecule has 0 bridgehead atoms. The third kappa shape index (κ3) is 4.19. The van der Waals surface area contributed by atoms with Crippen LogP contribution >= 0.6 is 0 Å². The summed E-state index contributed by atoms with van der Waals surface area (Å²) < 4.78 is 5.74. The number of furan rings is 1. The smallest absolute Gasteiger partial charge is 0.292 e. The van der Waals surface area contributed by atoms with Crippen LogP contribution in [-0.2, 0) is 19.2 Å². The Kier molecular flexibility index (Phi) is 7.07. The Morgan fingerprint density at radius 2 is 1.93 bits per heavy atom. The molecular formula is C22H30N2O6. The van der Waals surface area contributed by atoms with Crippen molar-refractivity contribution < 1.29 is 28.8 Å². The van der Waals surface area contributed by atoms with Gasteiger partial charge in [0, 0.05) is 5.92 Å². The molecule has 1 aromatic heterocycles. The molecule has 3 unspecified atom stereocenters. The quantitative estimate of drug-likeness (QED) is 0.290. The minimum Gasteiger partial charge on any atom is -0.464 e. The highest BCUT2D eigenvalue weighted by molar-refractivity contribution is 6.43. The zero-order chi connectivity index (χ0) is 21.8. The summed E-state index contributed by atoms with van der Waals surface area (Å²) in [5.41, 5.74) is 1.61. The molecule has 3 rings (SSSR count). The first-order valence-corrected chi connectivity index (χ1v) is 10.8. The van der Waals surface area contributed by atoms with Crippen molar-refractivity contribution in [1.29, 1.82) is 0 Å². The van der Waals surface area contributed by atoms with Gasteiger partial charge in [-0.15, -0.1) is 0 Å². The number of carbonyl (C=O) groups excluding carboxylic acids is 4. The lowest BCUT2D eigenvalue weighted by molar-refractivity contribution is -0.147. The summed E-state index contributed by atoms with van der Waals surface area (Å²) in [7, 11) is 0. The summed E-state index contributed by atoms with van der Waals surface area (Å²) in [6.45, 7) is 3.67. The van der Waals surface area contributed by atoms with E-state index in [9.17, 15) is 24.4 Å². The van der Waals surface area contributed by atoms with Crippen LogP contribution in [-0.4, -0.2) is 39.5 Å². The molecule has 1 aliphatic heterocycles. The molecule has 2 heterocycles. The number of nitrogens with zero attached hydrogens (tertiary/aromatic N) is 1. The Labute approximate surface area is 175 Å². The lowest BCUT2D eigenvalue weighted by Gasteiger charge is -2.32. The number of nitrogens with one attached hydrogen (secondary N) is 1. The predicted octanol–water partition coefficient (Wildman–Crippen LogP) is 2.87. The van der Waals surface area contributed by atoms with Crippen LogP contribution in [0.5, 0.6) is 0 Å². The minimum absolute atomic E-state index is 0.242. The summed E-state index contributed by atoms with van der Waals surface area (Å²) in [5, 5.41) is 9.24. The zero-order valence-corrected chi connectivity index (χ0v) is 17.6. The van der Waals surface area contributed by atoms with Crippen LogP contribution in [0.2, 0.25) is 0 Å². The van der Waals surface area contributed by atoms with Crippen molar-refractivity contribution in [2.75, 3.05) is 0 Å². The van der Waals surface area contributed by atoms with Crippen molar-refractivity contribution >= 4 is 23.4 Å². The number of hydrogen-bond donors (Lipinski definition) is 2. The molecular weight excluding hydrogens is 388 g/mol. The summed E-state index contributed by atoms with van der Waals surface area (Å²) in [6, 6.07) is 1.31. The molecule has 0 aromatic carbocycles. The number of hydrogen-bond acceptors (Lipinski definition) is 6. The molecule has 1 aliphatic carbocycles. The fraction of sp³-hybridized carbons (Fsp3) is 0.636. The van der Waals surface area contributed by atoms with Crippen LogP contribution in [0, 0.1) is 18.8 Å². The van der Waals surface area contributed by atoms with Gasteiger partial charge in [-0.3, -0.25) is 24.4 Å². The van der Waals surface area contributed by atoms with Gasteiger partial charge in [0.05, 0.1) is 0 Å². The van der Waals surface area contributed by atoms with E-state index in [1.807, 2.05) is 6.92 Å². The Morgan fingerprint density at radius 3 is 2.50 bits per heavy atom. The number of carbonyl (C=O) groups is 4. The van der Waals surface area contributed by atoms with Crippen LogP contribution in [0.1, 0.15) is 75.9 Å². The number of rotatable bonds is 8. The first-order valence-electron chi connectivity index (χ1n) is 10.8. The number of Topliss-reactive ketones (excluding diaryl/α,β-unsaturated/α-hetero) is 2. The van der Waals surface area contributed by atoms with Crippen molar-refractivity contribution in [3.63, 3.8) is 0 Å². The molecule has 30 heavy (non-hydrogen) atoms. The fourth-order valence-corrected chi connectivity index (χ4v) is 4.73. The lowest BCUT2D eigenvalue weighted by atomic mass is 9.78. The van der Waals surface area contributed by atoms with Gasteiger partial charge in [0.15, 0.2) is 0 Å². The fourth-order valence-electron chi connectivity index (χ4n) is 4.73. The van der Waals surface area contributed by atoms with E-state index < -0.39 is 35.6 Å². The van der Waals surface area contributed by atoms with Gasteiger partial charge in [-0.05, 0) is 38.3 Å². The average Bonchev–Trinajstić information content (AvgIpc) is 3.30. The Hall–Kier alpha value is -2.48. The SMILES string of the molecule is CCCCC(C(=O)NO)N1C(=O)C(=O)C(C(=O)C2CCCCC2)C1c1ccc(C)o1. The Bertz CT molecular complexity index is 810. The van der Waals surface area contributed by atoms with E-state index in [-0.39, 0.29) is 18.1 Å². The van der Waals surface area contributed by atoms with E-state index in [2.05, 4.69) is 0 Å². The van der Waals surface area contributed by atoms with Gasteiger partial charge in [-0.2, -0.15) is 0 Å². The molecule has 8 nitrogen and oxygen atoms in total. The van der Waals surface area contributed by atoms with E-state index in [4.69, 9.17) is 4.42 Å². The van der Waals surface area contributed by atoms with Gasteiger partial charge >= 0.3 is 0 Å². The normalized spacial score (nSPS) is 23.6. The van der Waals surface area contributed by atoms with Crippen molar-refractivity contribution in [2.24, 2.45) is 11.8 Å². The van der Waals surface area contributed by atoms with Crippen molar-refractivity contribution in [2.45, 2.75) is 77.3 Å². The molecule has 2 fully saturated rings. The maximum atomic E-state index is 13.4. The zero-order valence-electron chi connectivity index (χ0n) is 17.6. The second kappa shape index (κ2) is 9.55. The van der Waals surface area contributed by atoms with Crippen LogP contribution in [0.15, 0.2) is 16.5 Å². The van der Waals surface area contributed by atoms with Crippen LogP contribution in [0.25, 0.3) is 0 Å². The lowest BCUT2D eigenvalue weighted by Crippen LogP contribution is -2.48. The standard InChI is InChI=1S/C22H30N2O6/c1-3-4-10-15(21(27)23-29)24-18(16-12-11-13(2)30-16)17(20(26)22(24)28)19(25)14-8-6-5-7-9-14/h11-12,14-15,17-18,29H,3-10H2,1-2H3,(H,23,27). The molecule has 1 saturated heterocycles. The Balaban J connectivity index is 2.03. The van der Waals surface area contributed by atoms with Crippen molar-refractivity contribution in [3.05, 3.63) is 23.7 Å². The molecule has 3 atom stereocenters. The average molecular weight is 418 g/mol. The van der Waals surface area contributed by atoms with Crippen molar-refractivity contribution in [3.8, 4) is 0 Å². The molecule has 2 aliphatic rings. The third-order valence-corrected chi connectivity index (χ3v) is 6.29. The summed E-state index contributed by atoms with van der Waals surface area (Å²) in [4.78, 5) is 53.0. The first-order chi connectivity index (χ1) is 14.4. The molecule has 2 N–H and O–H groups in total. The van der Waals surface area contributed by atoms with Gasteiger partial charge in [0.2, 0.25) is 5.78 Å². The van der Waals surface area contributed by atoms with E-state index in [0.717, 1.165) is 30.6 Å². The number of amides is 2. The first kappa shape index (κ1) is 22.2. The largest absolute Gasteiger partial charge is 0.464 e. The van der Waals surface area contributed by atoms with Gasteiger partial charge < -0.3 is 9.32 Å². The molecule has 164 valence electrons. The van der Waals surface area contributed by atoms with Crippen molar-refractivity contribution in [1.82, 2.24) is 10.4 Å². The third-order valence-electron chi connectivity index (χ3n) is 6.29. The van der Waals surface area contributed by atoms with Gasteiger partial charge in [0.25, 0.3) is 11.8 Å².